The van der Waals surface area contributed by atoms with Crippen molar-refractivity contribution in [3.8, 4) is 0 Å². The second-order valence-electron chi connectivity index (χ2n) is 7.28. The van der Waals surface area contributed by atoms with Gasteiger partial charge in [0.1, 0.15) is 0 Å². The summed E-state index contributed by atoms with van der Waals surface area (Å²) in [5, 5.41) is 0. The van der Waals surface area contributed by atoms with E-state index < -0.39 is 35.2 Å². The molecule has 0 bridgehead atoms. The first-order valence-electron chi connectivity index (χ1n) is 9.06. The highest BCUT2D eigenvalue weighted by Crippen LogP contribution is 2.43. The largest absolute Gasteiger partial charge is 0.510 e. The molecule has 0 aromatic heterocycles. The zero-order chi connectivity index (χ0) is 18.5. The molecule has 7 nitrogen and oxygen atoms in total. The lowest BCUT2D eigenvalue weighted by Crippen LogP contribution is -2.55. The summed E-state index contributed by atoms with van der Waals surface area (Å²) < 4.78 is 21.0. The summed E-state index contributed by atoms with van der Waals surface area (Å²) in [5.74, 6) is -1.11. The Morgan fingerprint density at radius 2 is 1.84 bits per heavy atom. The topological polar surface area (TPSA) is 88.1 Å². The SMILES string of the molecule is CCC(C)(C)C1(OC(=O)OC2CCCCOC2=O)CCCCOC1=O. The van der Waals surface area contributed by atoms with Gasteiger partial charge in [0.15, 0.2) is 0 Å². The van der Waals surface area contributed by atoms with Gasteiger partial charge in [-0.25, -0.2) is 14.4 Å². The number of cyclic esters (lactones) is 2. The molecule has 25 heavy (non-hydrogen) atoms. The van der Waals surface area contributed by atoms with Crippen molar-refractivity contribution in [2.24, 2.45) is 5.41 Å². The molecule has 0 aromatic rings. The van der Waals surface area contributed by atoms with Gasteiger partial charge in [0, 0.05) is 5.41 Å². The van der Waals surface area contributed by atoms with Crippen LogP contribution in [-0.2, 0) is 28.5 Å². The molecule has 0 aromatic carbocycles. The maximum atomic E-state index is 12.6. The number of hydrogen-bond donors (Lipinski definition) is 0. The van der Waals surface area contributed by atoms with Crippen molar-refractivity contribution in [1.29, 1.82) is 0 Å². The standard InChI is InChI=1S/C18H28O7/c1-4-17(2,3)18(10-6-8-12-23-15(18)20)25-16(21)24-13-9-5-7-11-22-14(13)19/h13H,4-12H2,1-3H3. The van der Waals surface area contributed by atoms with Gasteiger partial charge in [-0.2, -0.15) is 0 Å². The molecule has 0 amide bonds. The summed E-state index contributed by atoms with van der Waals surface area (Å²) in [4.78, 5) is 36.9. The van der Waals surface area contributed by atoms with Crippen LogP contribution in [0.1, 0.15) is 65.7 Å². The summed E-state index contributed by atoms with van der Waals surface area (Å²) in [7, 11) is 0. The molecule has 2 aliphatic rings. The van der Waals surface area contributed by atoms with Gasteiger partial charge in [0.2, 0.25) is 11.7 Å². The van der Waals surface area contributed by atoms with Crippen molar-refractivity contribution in [2.75, 3.05) is 13.2 Å². The maximum Gasteiger partial charge on any atom is 0.510 e. The number of carbonyl (C=O) groups excluding carboxylic acids is 3. The summed E-state index contributed by atoms with van der Waals surface area (Å²) in [6.45, 7) is 6.30. The van der Waals surface area contributed by atoms with E-state index in [1.165, 1.54) is 0 Å². The Kier molecular flexibility index (Phi) is 6.30. The van der Waals surface area contributed by atoms with Crippen LogP contribution >= 0.6 is 0 Å². The fraction of sp³-hybridized carbons (Fsp3) is 0.833. The number of rotatable bonds is 4. The number of ether oxygens (including phenoxy) is 4. The van der Waals surface area contributed by atoms with Gasteiger partial charge in [-0.1, -0.05) is 20.8 Å². The van der Waals surface area contributed by atoms with Gasteiger partial charge in [0.25, 0.3) is 0 Å². The minimum atomic E-state index is -1.41. The third kappa shape index (κ3) is 4.25. The van der Waals surface area contributed by atoms with Crippen molar-refractivity contribution in [2.45, 2.75) is 77.4 Å². The first-order chi connectivity index (χ1) is 11.8. The van der Waals surface area contributed by atoms with E-state index in [9.17, 15) is 14.4 Å². The lowest BCUT2D eigenvalue weighted by atomic mass is 9.70. The maximum absolute atomic E-state index is 12.6. The Morgan fingerprint density at radius 3 is 2.56 bits per heavy atom. The molecule has 2 heterocycles. The summed E-state index contributed by atoms with van der Waals surface area (Å²) in [6.07, 6.45) is 2.24. The molecule has 7 heteroatoms. The zero-order valence-corrected chi connectivity index (χ0v) is 15.3. The van der Waals surface area contributed by atoms with E-state index in [2.05, 4.69) is 0 Å². The van der Waals surface area contributed by atoms with Gasteiger partial charge < -0.3 is 18.9 Å². The van der Waals surface area contributed by atoms with E-state index in [0.717, 1.165) is 19.3 Å². The van der Waals surface area contributed by atoms with Crippen molar-refractivity contribution in [1.82, 2.24) is 0 Å². The van der Waals surface area contributed by atoms with E-state index in [4.69, 9.17) is 18.9 Å². The van der Waals surface area contributed by atoms with Crippen molar-refractivity contribution >= 4 is 18.1 Å². The highest BCUT2D eigenvalue weighted by atomic mass is 16.8. The lowest BCUT2D eigenvalue weighted by molar-refractivity contribution is -0.185. The summed E-state index contributed by atoms with van der Waals surface area (Å²) in [5.41, 5.74) is -2.04. The Balaban J connectivity index is 2.17. The molecule has 2 atom stereocenters. The summed E-state index contributed by atoms with van der Waals surface area (Å²) in [6, 6.07) is 0. The van der Waals surface area contributed by atoms with Gasteiger partial charge in [0.05, 0.1) is 13.2 Å². The predicted molar refractivity (Wildman–Crippen MR) is 87.8 cm³/mol. The fourth-order valence-electron chi connectivity index (χ4n) is 3.20. The smallest absolute Gasteiger partial charge is 0.463 e. The van der Waals surface area contributed by atoms with Crippen LogP contribution in [0.2, 0.25) is 0 Å². The Hall–Kier alpha value is -1.79. The Labute approximate surface area is 148 Å². The molecule has 0 aliphatic carbocycles. The zero-order valence-electron chi connectivity index (χ0n) is 15.3. The first kappa shape index (κ1) is 19.5. The number of hydrogen-bond acceptors (Lipinski definition) is 7. The quantitative estimate of drug-likeness (QED) is 0.565. The molecule has 0 saturated carbocycles. The molecular formula is C18H28O7. The molecule has 2 rings (SSSR count). The molecular weight excluding hydrogens is 328 g/mol. The molecule has 2 fully saturated rings. The first-order valence-corrected chi connectivity index (χ1v) is 9.06. The van der Waals surface area contributed by atoms with Crippen LogP contribution in [0.4, 0.5) is 4.79 Å². The second kappa shape index (κ2) is 8.06. The molecule has 0 spiro atoms. The van der Waals surface area contributed by atoms with E-state index >= 15 is 0 Å². The fourth-order valence-corrected chi connectivity index (χ4v) is 3.20. The van der Waals surface area contributed by atoms with E-state index in [1.807, 2.05) is 20.8 Å². The number of carbonyl (C=O) groups is 3. The van der Waals surface area contributed by atoms with E-state index in [0.29, 0.717) is 38.9 Å². The van der Waals surface area contributed by atoms with Crippen LogP contribution in [0.3, 0.4) is 0 Å². The Morgan fingerprint density at radius 1 is 1.16 bits per heavy atom. The van der Waals surface area contributed by atoms with Crippen LogP contribution < -0.4 is 0 Å². The minimum Gasteiger partial charge on any atom is -0.463 e. The average molecular weight is 356 g/mol. The van der Waals surface area contributed by atoms with Crippen LogP contribution in [-0.4, -0.2) is 43.0 Å². The van der Waals surface area contributed by atoms with Crippen molar-refractivity contribution in [3.63, 3.8) is 0 Å². The third-order valence-corrected chi connectivity index (χ3v) is 5.33. The van der Waals surface area contributed by atoms with Gasteiger partial charge >= 0.3 is 18.1 Å². The second-order valence-corrected chi connectivity index (χ2v) is 7.28. The normalized spacial score (nSPS) is 28.2. The van der Waals surface area contributed by atoms with Gasteiger partial charge in [-0.3, -0.25) is 0 Å². The predicted octanol–water partition coefficient (Wildman–Crippen LogP) is 3.14. The summed E-state index contributed by atoms with van der Waals surface area (Å²) >= 11 is 0. The number of esters is 2. The van der Waals surface area contributed by atoms with Gasteiger partial charge in [-0.15, -0.1) is 0 Å². The Bertz CT molecular complexity index is 514. The molecule has 2 aliphatic heterocycles. The molecule has 0 N–H and O–H groups in total. The minimum absolute atomic E-state index is 0.313. The average Bonchev–Trinajstić information content (AvgIpc) is 2.88. The van der Waals surface area contributed by atoms with Crippen LogP contribution in [0.25, 0.3) is 0 Å². The lowest BCUT2D eigenvalue weighted by Gasteiger charge is -2.42. The van der Waals surface area contributed by atoms with E-state index in [1.54, 1.807) is 0 Å². The van der Waals surface area contributed by atoms with Crippen molar-refractivity contribution < 1.29 is 33.3 Å². The van der Waals surface area contributed by atoms with Gasteiger partial charge in [-0.05, 0) is 44.9 Å². The van der Waals surface area contributed by atoms with Crippen LogP contribution in [0.15, 0.2) is 0 Å². The van der Waals surface area contributed by atoms with Crippen LogP contribution in [0.5, 0.6) is 0 Å². The monoisotopic (exact) mass is 356 g/mol. The highest BCUT2D eigenvalue weighted by molar-refractivity contribution is 5.84. The molecule has 2 unspecified atom stereocenters. The van der Waals surface area contributed by atoms with Crippen molar-refractivity contribution in [3.05, 3.63) is 0 Å². The molecule has 142 valence electrons. The highest BCUT2D eigenvalue weighted by Gasteiger charge is 2.56. The third-order valence-electron chi connectivity index (χ3n) is 5.33. The molecule has 0 radical (unpaired) electrons. The van der Waals surface area contributed by atoms with Crippen LogP contribution in [0, 0.1) is 5.41 Å². The molecule has 2 saturated heterocycles. The van der Waals surface area contributed by atoms with E-state index in [-0.39, 0.29) is 0 Å².